The SMILES string of the molecule is CCOc1ccc(N)cc1S(=O)(=O)N(C)C1CCOC1C. The number of anilines is 1. The standard InChI is InChI=1S/C14H22N2O4S/c1-4-19-13-6-5-11(15)9-14(13)21(17,18)16(3)12-7-8-20-10(12)2/h5-6,9-10,12H,4,7-8,15H2,1-3H3. The van der Waals surface area contributed by atoms with E-state index in [9.17, 15) is 8.42 Å². The van der Waals surface area contributed by atoms with Crippen LogP contribution >= 0.6 is 0 Å². The molecule has 1 aromatic carbocycles. The highest BCUT2D eigenvalue weighted by atomic mass is 32.2. The van der Waals surface area contributed by atoms with Crippen molar-refractivity contribution in [2.45, 2.75) is 37.3 Å². The predicted molar refractivity (Wildman–Crippen MR) is 80.8 cm³/mol. The van der Waals surface area contributed by atoms with Crippen molar-refractivity contribution in [3.05, 3.63) is 18.2 Å². The van der Waals surface area contributed by atoms with Crippen LogP contribution in [0.2, 0.25) is 0 Å². The summed E-state index contributed by atoms with van der Waals surface area (Å²) in [6.07, 6.45) is 0.560. The zero-order valence-corrected chi connectivity index (χ0v) is 13.4. The van der Waals surface area contributed by atoms with Crippen molar-refractivity contribution in [2.75, 3.05) is 26.0 Å². The minimum atomic E-state index is -3.68. The van der Waals surface area contributed by atoms with Gasteiger partial charge in [0.2, 0.25) is 10.0 Å². The average Bonchev–Trinajstić information content (AvgIpc) is 2.86. The van der Waals surface area contributed by atoms with Crippen LogP contribution in [0.15, 0.2) is 23.1 Å². The Morgan fingerprint density at radius 3 is 2.76 bits per heavy atom. The maximum Gasteiger partial charge on any atom is 0.246 e. The van der Waals surface area contributed by atoms with Crippen LogP contribution in [-0.2, 0) is 14.8 Å². The lowest BCUT2D eigenvalue weighted by molar-refractivity contribution is 0.102. The molecule has 118 valence electrons. The summed E-state index contributed by atoms with van der Waals surface area (Å²) in [6.45, 7) is 4.65. The lowest BCUT2D eigenvalue weighted by Gasteiger charge is -2.26. The first-order valence-electron chi connectivity index (χ1n) is 7.00. The number of nitrogens with zero attached hydrogens (tertiary/aromatic N) is 1. The number of nitrogens with two attached hydrogens (primary N) is 1. The fraction of sp³-hybridized carbons (Fsp3) is 0.571. The van der Waals surface area contributed by atoms with E-state index >= 15 is 0 Å². The second-order valence-corrected chi connectivity index (χ2v) is 7.06. The zero-order chi connectivity index (χ0) is 15.6. The van der Waals surface area contributed by atoms with Crippen LogP contribution in [0.3, 0.4) is 0 Å². The molecule has 0 aromatic heterocycles. The molecule has 2 atom stereocenters. The van der Waals surface area contributed by atoms with Gasteiger partial charge in [0.05, 0.1) is 18.8 Å². The Morgan fingerprint density at radius 2 is 2.19 bits per heavy atom. The van der Waals surface area contributed by atoms with Gasteiger partial charge in [0, 0.05) is 19.3 Å². The Bertz CT molecular complexity index is 603. The van der Waals surface area contributed by atoms with Gasteiger partial charge in [0.1, 0.15) is 10.6 Å². The molecular weight excluding hydrogens is 292 g/mol. The van der Waals surface area contributed by atoms with E-state index in [2.05, 4.69) is 0 Å². The van der Waals surface area contributed by atoms with Crippen molar-refractivity contribution in [1.82, 2.24) is 4.31 Å². The van der Waals surface area contributed by atoms with Crippen molar-refractivity contribution in [3.63, 3.8) is 0 Å². The Labute approximate surface area is 125 Å². The maximum atomic E-state index is 12.8. The van der Waals surface area contributed by atoms with Crippen LogP contribution < -0.4 is 10.5 Å². The first kappa shape index (κ1) is 16.1. The quantitative estimate of drug-likeness (QED) is 0.832. The smallest absolute Gasteiger partial charge is 0.246 e. The largest absolute Gasteiger partial charge is 0.492 e. The van der Waals surface area contributed by atoms with Crippen LogP contribution in [0, 0.1) is 0 Å². The highest BCUT2D eigenvalue weighted by Gasteiger charge is 2.36. The lowest BCUT2D eigenvalue weighted by atomic mass is 10.2. The van der Waals surface area contributed by atoms with Crippen LogP contribution in [-0.4, -0.2) is 45.1 Å². The highest BCUT2D eigenvalue weighted by molar-refractivity contribution is 7.89. The number of nitrogen functional groups attached to an aromatic ring is 1. The molecule has 1 fully saturated rings. The molecule has 0 spiro atoms. The zero-order valence-electron chi connectivity index (χ0n) is 12.6. The van der Waals surface area contributed by atoms with Gasteiger partial charge in [0.15, 0.2) is 0 Å². The summed E-state index contributed by atoms with van der Waals surface area (Å²) in [7, 11) is -2.11. The van der Waals surface area contributed by atoms with Crippen LogP contribution in [0.5, 0.6) is 5.75 Å². The molecule has 0 bridgehead atoms. The molecule has 2 N–H and O–H groups in total. The van der Waals surface area contributed by atoms with Crippen molar-refractivity contribution < 1.29 is 17.9 Å². The Hall–Kier alpha value is -1.31. The second-order valence-electron chi connectivity index (χ2n) is 5.09. The van der Waals surface area contributed by atoms with Gasteiger partial charge in [0.25, 0.3) is 0 Å². The van der Waals surface area contributed by atoms with E-state index in [1.807, 2.05) is 13.8 Å². The van der Waals surface area contributed by atoms with Gasteiger partial charge in [-0.05, 0) is 38.5 Å². The summed E-state index contributed by atoms with van der Waals surface area (Å²) in [5.41, 5.74) is 6.13. The third-order valence-electron chi connectivity index (χ3n) is 3.73. The molecule has 2 rings (SSSR count). The van der Waals surface area contributed by atoms with Gasteiger partial charge in [-0.15, -0.1) is 0 Å². The normalized spacial score (nSPS) is 22.7. The van der Waals surface area contributed by atoms with Gasteiger partial charge in [-0.2, -0.15) is 4.31 Å². The maximum absolute atomic E-state index is 12.8. The molecule has 0 aliphatic carbocycles. The van der Waals surface area contributed by atoms with Crippen molar-refractivity contribution in [1.29, 1.82) is 0 Å². The number of hydrogen-bond acceptors (Lipinski definition) is 5. The summed E-state index contributed by atoms with van der Waals surface area (Å²) >= 11 is 0. The minimum absolute atomic E-state index is 0.103. The number of likely N-dealkylation sites (N-methyl/N-ethyl adjacent to an activating group) is 1. The Morgan fingerprint density at radius 1 is 1.48 bits per heavy atom. The number of rotatable bonds is 5. The van der Waals surface area contributed by atoms with Gasteiger partial charge >= 0.3 is 0 Å². The molecule has 1 aliphatic heterocycles. The Balaban J connectivity index is 2.41. The molecule has 1 aliphatic rings. The van der Waals surface area contributed by atoms with E-state index in [4.69, 9.17) is 15.2 Å². The molecule has 0 amide bonds. The van der Waals surface area contributed by atoms with Gasteiger partial charge in [-0.25, -0.2) is 8.42 Å². The summed E-state index contributed by atoms with van der Waals surface area (Å²) in [4.78, 5) is 0.103. The number of benzene rings is 1. The van der Waals surface area contributed by atoms with Crippen LogP contribution in [0.1, 0.15) is 20.3 Å². The minimum Gasteiger partial charge on any atom is -0.492 e. The lowest BCUT2D eigenvalue weighted by Crippen LogP contribution is -2.41. The first-order valence-corrected chi connectivity index (χ1v) is 8.44. The van der Waals surface area contributed by atoms with Gasteiger partial charge < -0.3 is 15.2 Å². The summed E-state index contributed by atoms with van der Waals surface area (Å²) < 4.78 is 37.9. The number of hydrogen-bond donors (Lipinski definition) is 1. The van der Waals surface area contributed by atoms with E-state index in [1.54, 1.807) is 19.2 Å². The number of sulfonamides is 1. The molecule has 21 heavy (non-hydrogen) atoms. The first-order chi connectivity index (χ1) is 9.87. The van der Waals surface area contributed by atoms with Crippen molar-refractivity contribution in [3.8, 4) is 5.75 Å². The van der Waals surface area contributed by atoms with E-state index < -0.39 is 10.0 Å². The molecule has 0 radical (unpaired) electrons. The molecule has 1 aromatic rings. The fourth-order valence-electron chi connectivity index (χ4n) is 2.53. The van der Waals surface area contributed by atoms with Gasteiger partial charge in [-0.1, -0.05) is 0 Å². The summed E-state index contributed by atoms with van der Waals surface area (Å²) in [5.74, 6) is 0.324. The molecule has 6 nitrogen and oxygen atoms in total. The van der Waals surface area contributed by atoms with E-state index in [-0.39, 0.29) is 17.0 Å². The van der Waals surface area contributed by atoms with E-state index in [0.717, 1.165) is 0 Å². The average molecular weight is 314 g/mol. The van der Waals surface area contributed by atoms with Crippen LogP contribution in [0.25, 0.3) is 0 Å². The molecule has 1 saturated heterocycles. The summed E-state index contributed by atoms with van der Waals surface area (Å²) in [6, 6.07) is 4.49. The van der Waals surface area contributed by atoms with E-state index in [1.165, 1.54) is 10.4 Å². The third kappa shape index (κ3) is 3.14. The highest BCUT2D eigenvalue weighted by Crippen LogP contribution is 2.31. The van der Waals surface area contributed by atoms with Gasteiger partial charge in [-0.3, -0.25) is 0 Å². The fourth-order valence-corrected chi connectivity index (χ4v) is 4.14. The topological polar surface area (TPSA) is 81.9 Å². The monoisotopic (exact) mass is 314 g/mol. The second kappa shape index (κ2) is 6.21. The molecule has 1 heterocycles. The summed E-state index contributed by atoms with van der Waals surface area (Å²) in [5, 5.41) is 0. The Kier molecular flexibility index (Phi) is 4.75. The van der Waals surface area contributed by atoms with Crippen molar-refractivity contribution >= 4 is 15.7 Å². The molecular formula is C14H22N2O4S. The third-order valence-corrected chi connectivity index (χ3v) is 5.63. The molecule has 0 saturated carbocycles. The van der Waals surface area contributed by atoms with E-state index in [0.29, 0.717) is 31.1 Å². The number of ether oxygens (including phenoxy) is 2. The van der Waals surface area contributed by atoms with Crippen LogP contribution in [0.4, 0.5) is 5.69 Å². The molecule has 7 heteroatoms. The predicted octanol–water partition coefficient (Wildman–Crippen LogP) is 1.47. The van der Waals surface area contributed by atoms with Crippen molar-refractivity contribution in [2.24, 2.45) is 0 Å². The molecule has 2 unspecified atom stereocenters.